The fourth-order valence-electron chi connectivity index (χ4n) is 11.6. The lowest BCUT2D eigenvalue weighted by molar-refractivity contribution is 0.590. The Morgan fingerprint density at radius 3 is 1.22 bits per heavy atom. The van der Waals surface area contributed by atoms with Crippen molar-refractivity contribution in [2.75, 3.05) is 9.80 Å². The van der Waals surface area contributed by atoms with Gasteiger partial charge < -0.3 is 18.6 Å². The van der Waals surface area contributed by atoms with Gasteiger partial charge in [0.2, 0.25) is 0 Å². The molecule has 0 saturated heterocycles. The lowest BCUT2D eigenvalue weighted by atomic mass is 9.33. The Balaban J connectivity index is 1.11. The molecule has 5 heteroatoms. The molecule has 72 heavy (non-hydrogen) atoms. The normalized spacial score (nSPS) is 13.1. The summed E-state index contributed by atoms with van der Waals surface area (Å²) >= 11 is 0. The molecule has 0 unspecified atom stereocenters. The Morgan fingerprint density at radius 1 is 0.361 bits per heavy atom. The van der Waals surface area contributed by atoms with Gasteiger partial charge in [-0.2, -0.15) is 0 Å². The standard InChI is InChI=1S/C67H55BN2O2/c1-42-36-61-65-62(37-42)70(58-29-25-46(39-54(58)44-18-12-9-13-19-44)50-21-15-23-64-52(50)33-35-72-64)60-31-27-48(67(5,6)7)41-56(60)68(65)55-40-47(66(2,3)4)26-30-59(55)69(61)57-28-24-45(38-53(57)43-16-10-8-11-17-43)49-20-14-22-63-51(49)32-34-71-63/h8-41H,1-7H3. The smallest absolute Gasteiger partial charge is 0.252 e. The van der Waals surface area contributed by atoms with Crippen LogP contribution in [0.25, 0.3) is 66.4 Å². The highest BCUT2D eigenvalue weighted by atomic mass is 16.3. The van der Waals surface area contributed by atoms with Gasteiger partial charge in [0, 0.05) is 44.6 Å². The first kappa shape index (κ1) is 43.7. The van der Waals surface area contributed by atoms with Crippen LogP contribution in [0.1, 0.15) is 58.2 Å². The van der Waals surface area contributed by atoms with Gasteiger partial charge in [0.15, 0.2) is 0 Å². The summed E-state index contributed by atoms with van der Waals surface area (Å²) in [6.07, 6.45) is 3.58. The quantitative estimate of drug-likeness (QED) is 0.156. The number of anilines is 6. The van der Waals surface area contributed by atoms with Crippen LogP contribution in [-0.4, -0.2) is 6.71 Å². The molecule has 0 saturated carbocycles. The van der Waals surface area contributed by atoms with E-state index in [4.69, 9.17) is 8.83 Å². The maximum Gasteiger partial charge on any atom is 0.252 e. The summed E-state index contributed by atoms with van der Waals surface area (Å²) < 4.78 is 11.8. The number of furan rings is 2. The molecule has 2 aliphatic heterocycles. The van der Waals surface area contributed by atoms with Crippen LogP contribution in [0.2, 0.25) is 0 Å². The third-order valence-corrected chi connectivity index (χ3v) is 15.2. The Hall–Kier alpha value is -8.28. The highest BCUT2D eigenvalue weighted by molar-refractivity contribution is 7.00. The number of nitrogens with zero attached hydrogens (tertiary/aromatic N) is 2. The predicted molar refractivity (Wildman–Crippen MR) is 304 cm³/mol. The van der Waals surface area contributed by atoms with E-state index in [1.54, 1.807) is 12.5 Å². The van der Waals surface area contributed by atoms with Crippen LogP contribution in [0.15, 0.2) is 215 Å². The lowest BCUT2D eigenvalue weighted by Gasteiger charge is -2.45. The molecule has 2 aromatic heterocycles. The number of hydrogen-bond acceptors (Lipinski definition) is 4. The Labute approximate surface area is 422 Å². The zero-order chi connectivity index (χ0) is 49.0. The van der Waals surface area contributed by atoms with Gasteiger partial charge in [-0.15, -0.1) is 0 Å². The van der Waals surface area contributed by atoms with Crippen molar-refractivity contribution in [2.45, 2.75) is 59.3 Å². The van der Waals surface area contributed by atoms with E-state index in [9.17, 15) is 0 Å². The van der Waals surface area contributed by atoms with E-state index in [-0.39, 0.29) is 17.5 Å². The molecule has 2 aliphatic rings. The van der Waals surface area contributed by atoms with Gasteiger partial charge in [0.05, 0.1) is 23.9 Å². The SMILES string of the molecule is Cc1cc2c3c(c1)N(c1ccc(-c4cccc5occc45)cc1-c1ccccc1)c1ccc(C(C)(C)C)cc1B3c1cc(C(C)(C)C)ccc1N2c1ccc(-c2cccc3occc23)cc1-c1ccccc1. The van der Waals surface area contributed by atoms with E-state index in [0.717, 1.165) is 77.8 Å². The predicted octanol–water partition coefficient (Wildman–Crippen LogP) is 16.8. The summed E-state index contributed by atoms with van der Waals surface area (Å²) in [6, 6.07) is 72.2. The van der Waals surface area contributed by atoms with E-state index < -0.39 is 0 Å². The largest absolute Gasteiger partial charge is 0.464 e. The number of fused-ring (bicyclic) bond motifs is 6. The zero-order valence-electron chi connectivity index (χ0n) is 41.9. The highest BCUT2D eigenvalue weighted by Crippen LogP contribution is 2.50. The molecule has 9 aromatic carbocycles. The minimum absolute atomic E-state index is 0.0472. The van der Waals surface area contributed by atoms with Crippen molar-refractivity contribution in [1.29, 1.82) is 0 Å². The van der Waals surface area contributed by atoms with Gasteiger partial charge in [-0.1, -0.05) is 163 Å². The molecular formula is C67H55BN2O2. The fraction of sp³-hybridized carbons (Fsp3) is 0.134. The molecule has 0 amide bonds. The fourth-order valence-corrected chi connectivity index (χ4v) is 11.6. The molecular weight excluding hydrogens is 876 g/mol. The molecule has 0 radical (unpaired) electrons. The van der Waals surface area contributed by atoms with Gasteiger partial charge in [-0.3, -0.25) is 0 Å². The van der Waals surface area contributed by atoms with E-state index >= 15 is 0 Å². The van der Waals surface area contributed by atoms with E-state index in [2.05, 4.69) is 240 Å². The summed E-state index contributed by atoms with van der Waals surface area (Å²) in [5, 5.41) is 2.21. The van der Waals surface area contributed by atoms with Crippen molar-refractivity contribution in [3.05, 3.63) is 223 Å². The van der Waals surface area contributed by atoms with Crippen molar-refractivity contribution in [3.63, 3.8) is 0 Å². The monoisotopic (exact) mass is 930 g/mol. The number of hydrogen-bond donors (Lipinski definition) is 0. The molecule has 0 spiro atoms. The first-order chi connectivity index (χ1) is 34.9. The zero-order valence-corrected chi connectivity index (χ0v) is 41.9. The van der Waals surface area contributed by atoms with Crippen LogP contribution in [0, 0.1) is 6.92 Å². The summed E-state index contributed by atoms with van der Waals surface area (Å²) in [5.41, 5.74) is 25.6. The maximum absolute atomic E-state index is 5.92. The molecule has 11 aromatic rings. The van der Waals surface area contributed by atoms with Crippen molar-refractivity contribution in [1.82, 2.24) is 0 Å². The minimum Gasteiger partial charge on any atom is -0.464 e. The molecule has 0 aliphatic carbocycles. The van der Waals surface area contributed by atoms with Gasteiger partial charge in [0.25, 0.3) is 6.71 Å². The lowest BCUT2D eigenvalue weighted by Crippen LogP contribution is -2.61. The second kappa shape index (κ2) is 16.4. The Morgan fingerprint density at radius 2 is 0.792 bits per heavy atom. The van der Waals surface area contributed by atoms with E-state index in [1.807, 2.05) is 12.1 Å². The number of benzene rings is 9. The van der Waals surface area contributed by atoms with E-state index in [1.165, 1.54) is 55.8 Å². The van der Waals surface area contributed by atoms with Crippen molar-refractivity contribution in [3.8, 4) is 44.5 Å². The Kier molecular flexibility index (Phi) is 9.96. The van der Waals surface area contributed by atoms with E-state index in [0.29, 0.717) is 0 Å². The van der Waals surface area contributed by atoms with Crippen molar-refractivity contribution >= 4 is 79.2 Å². The second-order valence-corrected chi connectivity index (χ2v) is 21.8. The molecule has 4 heterocycles. The van der Waals surface area contributed by atoms with Crippen LogP contribution in [0.3, 0.4) is 0 Å². The second-order valence-electron chi connectivity index (χ2n) is 21.8. The summed E-state index contributed by atoms with van der Waals surface area (Å²) in [4.78, 5) is 5.16. The molecule has 348 valence electrons. The average Bonchev–Trinajstić information content (AvgIpc) is 4.09. The van der Waals surface area contributed by atoms with Crippen molar-refractivity contribution < 1.29 is 8.83 Å². The first-order valence-corrected chi connectivity index (χ1v) is 25.2. The van der Waals surface area contributed by atoms with Gasteiger partial charge in [-0.25, -0.2) is 0 Å². The van der Waals surface area contributed by atoms with Crippen molar-refractivity contribution in [2.24, 2.45) is 0 Å². The van der Waals surface area contributed by atoms with Gasteiger partial charge >= 0.3 is 0 Å². The Bertz CT molecular complexity index is 3670. The summed E-state index contributed by atoms with van der Waals surface area (Å²) in [5.74, 6) is 0. The summed E-state index contributed by atoms with van der Waals surface area (Å²) in [7, 11) is 0. The molecule has 4 nitrogen and oxygen atoms in total. The number of aryl methyl sites for hydroxylation is 1. The van der Waals surface area contributed by atoms with Crippen LogP contribution >= 0.6 is 0 Å². The molecule has 0 N–H and O–H groups in total. The van der Waals surface area contributed by atoms with Crippen LogP contribution in [-0.2, 0) is 10.8 Å². The first-order valence-electron chi connectivity index (χ1n) is 25.2. The van der Waals surface area contributed by atoms with Gasteiger partial charge in [-0.05, 0) is 157 Å². The maximum atomic E-state index is 5.92. The highest BCUT2D eigenvalue weighted by Gasteiger charge is 2.45. The summed E-state index contributed by atoms with van der Waals surface area (Å²) in [6.45, 7) is 16.2. The average molecular weight is 931 g/mol. The minimum atomic E-state index is -0.0783. The van der Waals surface area contributed by atoms with Crippen LogP contribution in [0.4, 0.5) is 34.1 Å². The molecule has 0 fully saturated rings. The molecule has 0 atom stereocenters. The van der Waals surface area contributed by atoms with Crippen LogP contribution in [0.5, 0.6) is 0 Å². The third-order valence-electron chi connectivity index (χ3n) is 15.2. The van der Waals surface area contributed by atoms with Crippen LogP contribution < -0.4 is 26.2 Å². The molecule has 13 rings (SSSR count). The topological polar surface area (TPSA) is 32.8 Å². The third kappa shape index (κ3) is 7.05. The molecule has 0 bridgehead atoms. The number of rotatable bonds is 6. The van der Waals surface area contributed by atoms with Gasteiger partial charge in [0.1, 0.15) is 11.2 Å².